The van der Waals surface area contributed by atoms with E-state index in [4.69, 9.17) is 4.99 Å². The topological polar surface area (TPSA) is 36.8 Å². The third kappa shape index (κ3) is 4.10. The highest BCUT2D eigenvalue weighted by Crippen LogP contribution is 2.38. The quantitative estimate of drug-likeness (QED) is 0.529. The number of aliphatic imine (C=N–C) groups is 2. The molecule has 3 atom stereocenters. The summed E-state index contributed by atoms with van der Waals surface area (Å²) in [6.07, 6.45) is 13.1. The second-order valence-corrected chi connectivity index (χ2v) is 7.43. The van der Waals surface area contributed by atoms with Gasteiger partial charge in [-0.15, -0.1) is 0 Å². The fourth-order valence-electron chi connectivity index (χ4n) is 3.70. The molecule has 0 saturated carbocycles. The van der Waals surface area contributed by atoms with Gasteiger partial charge < -0.3 is 5.32 Å². The van der Waals surface area contributed by atoms with Crippen LogP contribution < -0.4 is 5.32 Å². The van der Waals surface area contributed by atoms with Crippen molar-refractivity contribution in [3.05, 3.63) is 35.8 Å². The van der Waals surface area contributed by atoms with Crippen molar-refractivity contribution in [1.29, 1.82) is 0 Å². The molecule has 3 unspecified atom stereocenters. The molecule has 0 bridgehead atoms. The summed E-state index contributed by atoms with van der Waals surface area (Å²) in [5, 5.41) is 3.32. The van der Waals surface area contributed by atoms with Gasteiger partial charge in [-0.25, -0.2) is 4.39 Å². The molecule has 4 heteroatoms. The van der Waals surface area contributed by atoms with Crippen molar-refractivity contribution in [1.82, 2.24) is 5.32 Å². The van der Waals surface area contributed by atoms with Crippen LogP contribution in [0.3, 0.4) is 0 Å². The summed E-state index contributed by atoms with van der Waals surface area (Å²) in [5.41, 5.74) is 0.670. The Morgan fingerprint density at radius 1 is 1.44 bits per heavy atom. The summed E-state index contributed by atoms with van der Waals surface area (Å²) >= 11 is 0. The Labute approximate surface area is 151 Å². The standard InChI is InChI=1S/C21H32FN3/c1-6-10-17-11-9-14-24-16(3)21(17,23-5)25-19-12-8-13-20(4,7-2)15-18(19)22/h9-10,14-16,24H,5-8,11-13H2,1-4H3/b17-10+,25-19?. The van der Waals surface area contributed by atoms with E-state index >= 15 is 4.39 Å². The number of nitrogens with one attached hydrogen (secondary N) is 1. The highest BCUT2D eigenvalue weighted by atomic mass is 19.1. The third-order valence-corrected chi connectivity index (χ3v) is 5.60. The molecule has 0 amide bonds. The van der Waals surface area contributed by atoms with Crippen LogP contribution >= 0.6 is 0 Å². The van der Waals surface area contributed by atoms with E-state index in [1.54, 1.807) is 6.08 Å². The van der Waals surface area contributed by atoms with Gasteiger partial charge in [-0.1, -0.05) is 32.9 Å². The largest absolute Gasteiger partial charge is 0.384 e. The molecule has 1 aliphatic carbocycles. The van der Waals surface area contributed by atoms with Gasteiger partial charge in [0.15, 0.2) is 5.66 Å². The van der Waals surface area contributed by atoms with E-state index < -0.39 is 5.66 Å². The number of hydrogen-bond donors (Lipinski definition) is 1. The molecule has 25 heavy (non-hydrogen) atoms. The fourth-order valence-corrected chi connectivity index (χ4v) is 3.70. The summed E-state index contributed by atoms with van der Waals surface area (Å²) in [6, 6.07) is -0.0809. The van der Waals surface area contributed by atoms with Crippen LogP contribution in [0.4, 0.5) is 4.39 Å². The maximum absolute atomic E-state index is 15.0. The molecule has 1 heterocycles. The van der Waals surface area contributed by atoms with Crippen molar-refractivity contribution in [2.45, 2.75) is 77.9 Å². The Bertz CT molecular complexity index is 617. The number of nitrogens with zero attached hydrogens (tertiary/aromatic N) is 2. The first-order chi connectivity index (χ1) is 11.9. The molecule has 0 aromatic heterocycles. The smallest absolute Gasteiger partial charge is 0.191 e. The van der Waals surface area contributed by atoms with Crippen LogP contribution in [-0.4, -0.2) is 24.1 Å². The zero-order valence-corrected chi connectivity index (χ0v) is 16.1. The van der Waals surface area contributed by atoms with Crippen LogP contribution in [0.5, 0.6) is 0 Å². The van der Waals surface area contributed by atoms with Gasteiger partial charge in [0.05, 0.1) is 11.8 Å². The van der Waals surface area contributed by atoms with Crippen molar-refractivity contribution < 1.29 is 4.39 Å². The molecule has 0 aromatic carbocycles. The average molecular weight is 346 g/mol. The number of halogens is 1. The molecule has 138 valence electrons. The van der Waals surface area contributed by atoms with E-state index in [2.05, 4.69) is 49.9 Å². The van der Waals surface area contributed by atoms with Gasteiger partial charge in [0.2, 0.25) is 0 Å². The average Bonchev–Trinajstić information content (AvgIpc) is 2.83. The van der Waals surface area contributed by atoms with Crippen molar-refractivity contribution >= 4 is 12.4 Å². The van der Waals surface area contributed by atoms with E-state index in [1.807, 2.05) is 13.1 Å². The predicted molar refractivity (Wildman–Crippen MR) is 106 cm³/mol. The lowest BCUT2D eigenvalue weighted by molar-refractivity contribution is 0.367. The highest BCUT2D eigenvalue weighted by molar-refractivity contribution is 5.99. The monoisotopic (exact) mass is 345 g/mol. The van der Waals surface area contributed by atoms with Gasteiger partial charge in [-0.05, 0) is 75.4 Å². The minimum absolute atomic E-state index is 0.0809. The maximum atomic E-state index is 15.0. The molecule has 3 nitrogen and oxygen atoms in total. The molecule has 2 aliphatic rings. The first-order valence-electron chi connectivity index (χ1n) is 9.46. The number of allylic oxidation sites excluding steroid dienone is 4. The van der Waals surface area contributed by atoms with E-state index in [0.717, 1.165) is 37.7 Å². The number of hydrogen-bond acceptors (Lipinski definition) is 3. The predicted octanol–water partition coefficient (Wildman–Crippen LogP) is 5.51. The zero-order chi connectivity index (χ0) is 18.5. The van der Waals surface area contributed by atoms with Gasteiger partial charge >= 0.3 is 0 Å². The minimum atomic E-state index is -0.854. The third-order valence-electron chi connectivity index (χ3n) is 5.60. The summed E-state index contributed by atoms with van der Waals surface area (Å²) < 4.78 is 15.0. The van der Waals surface area contributed by atoms with Crippen LogP contribution in [0.15, 0.2) is 45.8 Å². The Hall–Kier alpha value is -1.71. The first-order valence-corrected chi connectivity index (χ1v) is 9.46. The van der Waals surface area contributed by atoms with Crippen molar-refractivity contribution in [3.8, 4) is 0 Å². The summed E-state index contributed by atoms with van der Waals surface area (Å²) in [7, 11) is 0. The highest BCUT2D eigenvalue weighted by Gasteiger charge is 2.40. The normalized spacial score (nSPS) is 36.5. The first kappa shape index (κ1) is 19.6. The molecular weight excluding hydrogens is 313 g/mol. The lowest BCUT2D eigenvalue weighted by Crippen LogP contribution is -2.45. The van der Waals surface area contributed by atoms with Crippen LogP contribution in [0.1, 0.15) is 66.2 Å². The van der Waals surface area contributed by atoms with Crippen molar-refractivity contribution in [2.24, 2.45) is 15.4 Å². The Kier molecular flexibility index (Phi) is 6.36. The minimum Gasteiger partial charge on any atom is -0.384 e. The lowest BCUT2D eigenvalue weighted by Gasteiger charge is -2.33. The summed E-state index contributed by atoms with van der Waals surface area (Å²) in [4.78, 5) is 9.33. The Morgan fingerprint density at radius 2 is 2.20 bits per heavy atom. The van der Waals surface area contributed by atoms with E-state index in [1.165, 1.54) is 0 Å². The van der Waals surface area contributed by atoms with Crippen LogP contribution in [0.2, 0.25) is 0 Å². The van der Waals surface area contributed by atoms with Gasteiger partial charge in [0.25, 0.3) is 0 Å². The van der Waals surface area contributed by atoms with Crippen LogP contribution in [0, 0.1) is 5.41 Å². The molecule has 0 aromatic rings. The molecule has 0 spiro atoms. The van der Waals surface area contributed by atoms with Crippen LogP contribution in [-0.2, 0) is 0 Å². The van der Waals surface area contributed by atoms with Crippen LogP contribution in [0.25, 0.3) is 0 Å². The van der Waals surface area contributed by atoms with Gasteiger partial charge in [0, 0.05) is 0 Å². The van der Waals surface area contributed by atoms with Gasteiger partial charge in [-0.3, -0.25) is 9.98 Å². The van der Waals surface area contributed by atoms with Crippen molar-refractivity contribution in [2.75, 3.05) is 0 Å². The Balaban J connectivity index is 2.54. The number of rotatable bonds is 4. The molecule has 1 aliphatic heterocycles. The molecule has 0 saturated heterocycles. The lowest BCUT2D eigenvalue weighted by atomic mass is 9.83. The summed E-state index contributed by atoms with van der Waals surface area (Å²) in [6.45, 7) is 12.2. The zero-order valence-electron chi connectivity index (χ0n) is 16.1. The van der Waals surface area contributed by atoms with E-state index in [0.29, 0.717) is 12.1 Å². The second-order valence-electron chi connectivity index (χ2n) is 7.43. The fraction of sp³-hybridized carbons (Fsp3) is 0.619. The second kappa shape index (κ2) is 8.11. The molecule has 0 fully saturated rings. The molecule has 0 radical (unpaired) electrons. The van der Waals surface area contributed by atoms with E-state index in [-0.39, 0.29) is 17.3 Å². The Morgan fingerprint density at radius 3 is 2.84 bits per heavy atom. The SMILES string of the molecule is C=NC1(N=C2CCCC(C)(CC)C=C2F)/C(=C/CC)CC=CNC1C. The molecule has 1 N–H and O–H groups in total. The van der Waals surface area contributed by atoms with E-state index in [9.17, 15) is 0 Å². The van der Waals surface area contributed by atoms with Gasteiger partial charge in [0.1, 0.15) is 5.83 Å². The molecule has 2 rings (SSSR count). The summed E-state index contributed by atoms with van der Waals surface area (Å²) in [5.74, 6) is -0.190. The van der Waals surface area contributed by atoms with Crippen molar-refractivity contribution in [3.63, 3.8) is 0 Å². The maximum Gasteiger partial charge on any atom is 0.191 e. The molecular formula is C21H32FN3. The van der Waals surface area contributed by atoms with Gasteiger partial charge in [-0.2, -0.15) is 0 Å².